The van der Waals surface area contributed by atoms with E-state index in [9.17, 15) is 0 Å². The van der Waals surface area contributed by atoms with Gasteiger partial charge in [-0.15, -0.1) is 0 Å². The molecule has 1 atom stereocenters. The van der Waals surface area contributed by atoms with Gasteiger partial charge in [0.15, 0.2) is 0 Å². The van der Waals surface area contributed by atoms with Crippen molar-refractivity contribution in [3.05, 3.63) is 48.1 Å². The van der Waals surface area contributed by atoms with Gasteiger partial charge in [-0.1, -0.05) is 6.08 Å². The number of rotatable bonds is 4. The number of hydrazine groups is 1. The van der Waals surface area contributed by atoms with Crippen LogP contribution in [0.3, 0.4) is 0 Å². The predicted molar refractivity (Wildman–Crippen MR) is 97.4 cm³/mol. The van der Waals surface area contributed by atoms with Crippen LogP contribution in [0, 0.1) is 5.92 Å². The highest BCUT2D eigenvalue weighted by Crippen LogP contribution is 2.37. The van der Waals surface area contributed by atoms with E-state index >= 15 is 0 Å². The molecule has 2 N–H and O–H groups in total. The van der Waals surface area contributed by atoms with Crippen LogP contribution in [0.5, 0.6) is 0 Å². The van der Waals surface area contributed by atoms with E-state index in [1.165, 1.54) is 24.1 Å². The van der Waals surface area contributed by atoms with Crippen molar-refractivity contribution >= 4 is 11.5 Å². The largest absolute Gasteiger partial charge is 0.358 e. The Hall–Kier alpha value is -2.40. The molecule has 1 unspecified atom stereocenters. The maximum Gasteiger partial charge on any atom is 0.145 e. The molecule has 5 nitrogen and oxygen atoms in total. The second-order valence-corrected chi connectivity index (χ2v) is 6.67. The Morgan fingerprint density at radius 2 is 2.04 bits per heavy atom. The summed E-state index contributed by atoms with van der Waals surface area (Å²) in [5.74, 6) is 1.64. The van der Waals surface area contributed by atoms with Gasteiger partial charge in [0.05, 0.1) is 17.9 Å². The van der Waals surface area contributed by atoms with Gasteiger partial charge in [0.25, 0.3) is 0 Å². The monoisotopic (exact) mass is 321 g/mol. The lowest BCUT2D eigenvalue weighted by Crippen LogP contribution is -2.20. The van der Waals surface area contributed by atoms with Gasteiger partial charge in [0, 0.05) is 41.8 Å². The number of nitrogens with one attached hydrogen (secondary N) is 2. The molecule has 0 radical (unpaired) electrons. The van der Waals surface area contributed by atoms with E-state index in [4.69, 9.17) is 0 Å². The lowest BCUT2D eigenvalue weighted by atomic mass is 10.0. The number of fused-ring (bicyclic) bond motifs is 1. The number of aromatic nitrogens is 2. The first-order valence-electron chi connectivity index (χ1n) is 8.54. The average molecular weight is 321 g/mol. The molecule has 3 heterocycles. The van der Waals surface area contributed by atoms with Gasteiger partial charge >= 0.3 is 0 Å². The van der Waals surface area contributed by atoms with Gasteiger partial charge in [-0.05, 0) is 44.7 Å². The summed E-state index contributed by atoms with van der Waals surface area (Å²) in [5.41, 5.74) is 9.03. The Labute approximate surface area is 142 Å². The molecule has 4 rings (SSSR count). The molecular formula is C19H23N5. The Morgan fingerprint density at radius 1 is 1.25 bits per heavy atom. The van der Waals surface area contributed by atoms with Crippen LogP contribution >= 0.6 is 0 Å². The van der Waals surface area contributed by atoms with Crippen LogP contribution in [0.2, 0.25) is 0 Å². The number of anilines is 2. The summed E-state index contributed by atoms with van der Waals surface area (Å²) in [6.07, 6.45) is 10.4. The highest BCUT2D eigenvalue weighted by atomic mass is 15.5. The fraction of sp³-hybridized carbons (Fsp3) is 0.368. The summed E-state index contributed by atoms with van der Waals surface area (Å²) in [4.78, 5) is 8.98. The van der Waals surface area contributed by atoms with E-state index in [0.717, 1.165) is 22.6 Å². The van der Waals surface area contributed by atoms with Crippen molar-refractivity contribution in [1.82, 2.24) is 15.0 Å². The number of hydrogen-bond donors (Lipinski definition) is 2. The summed E-state index contributed by atoms with van der Waals surface area (Å²) in [7, 11) is 2.04. The summed E-state index contributed by atoms with van der Waals surface area (Å²) >= 11 is 0. The Bertz CT molecular complexity index is 794. The zero-order valence-electron chi connectivity index (χ0n) is 14.4. The molecule has 2 aliphatic rings. The second-order valence-electron chi connectivity index (χ2n) is 6.67. The molecule has 0 spiro atoms. The Kier molecular flexibility index (Phi) is 3.73. The van der Waals surface area contributed by atoms with Crippen LogP contribution in [-0.4, -0.2) is 22.0 Å². The van der Waals surface area contributed by atoms with Gasteiger partial charge in [-0.3, -0.25) is 4.98 Å². The minimum Gasteiger partial charge on any atom is -0.358 e. The quantitative estimate of drug-likeness (QED) is 0.884. The van der Waals surface area contributed by atoms with E-state index < -0.39 is 0 Å². The van der Waals surface area contributed by atoms with Gasteiger partial charge in [-0.2, -0.15) is 0 Å². The topological polar surface area (TPSA) is 53.1 Å². The first-order chi connectivity index (χ1) is 11.7. The molecule has 2 aromatic heterocycles. The molecule has 1 aliphatic carbocycles. The smallest absolute Gasteiger partial charge is 0.145 e. The fourth-order valence-corrected chi connectivity index (χ4v) is 3.16. The van der Waals surface area contributed by atoms with Crippen molar-refractivity contribution in [1.29, 1.82) is 0 Å². The molecule has 124 valence electrons. The summed E-state index contributed by atoms with van der Waals surface area (Å²) in [6, 6.07) is 4.67. The molecule has 24 heavy (non-hydrogen) atoms. The van der Waals surface area contributed by atoms with E-state index in [1.54, 1.807) is 0 Å². The second kappa shape index (κ2) is 5.91. The van der Waals surface area contributed by atoms with Crippen molar-refractivity contribution in [3.63, 3.8) is 0 Å². The van der Waals surface area contributed by atoms with Crippen molar-refractivity contribution < 1.29 is 0 Å². The van der Waals surface area contributed by atoms with E-state index in [0.29, 0.717) is 12.0 Å². The van der Waals surface area contributed by atoms with Gasteiger partial charge in [0.1, 0.15) is 5.82 Å². The molecule has 5 heteroatoms. The maximum absolute atomic E-state index is 4.57. The lowest BCUT2D eigenvalue weighted by molar-refractivity contribution is 0.342. The van der Waals surface area contributed by atoms with E-state index in [1.807, 2.05) is 25.6 Å². The number of allylic oxidation sites excluding steroid dienone is 2. The molecule has 0 amide bonds. The minimum absolute atomic E-state index is 0.311. The molecule has 1 fully saturated rings. The van der Waals surface area contributed by atoms with Crippen molar-refractivity contribution in [2.24, 2.45) is 5.92 Å². The standard InChI is InChI=1S/C19H23N5/c1-4-18(13-5-6-13)22-16-7-14(9-20-11-16)15-8-17-12(2)24(3)23-19(17)21-10-15/h4,7-13,22H,5-6H2,1-3H3,(H,21,23)/b18-4-. The van der Waals surface area contributed by atoms with Crippen molar-refractivity contribution in [3.8, 4) is 11.1 Å². The van der Waals surface area contributed by atoms with Crippen LogP contribution in [0.1, 0.15) is 38.3 Å². The first-order valence-corrected chi connectivity index (χ1v) is 8.54. The number of nitrogens with zero attached hydrogens (tertiary/aromatic N) is 3. The summed E-state index contributed by atoms with van der Waals surface area (Å²) in [6.45, 7) is 4.27. The molecule has 0 bridgehead atoms. The number of hydrogen-bond acceptors (Lipinski definition) is 5. The molecule has 1 saturated carbocycles. The Morgan fingerprint density at radius 3 is 2.79 bits per heavy atom. The van der Waals surface area contributed by atoms with Crippen molar-refractivity contribution in [2.75, 3.05) is 17.8 Å². The van der Waals surface area contributed by atoms with Gasteiger partial charge in [-0.25, -0.2) is 9.99 Å². The van der Waals surface area contributed by atoms with Gasteiger partial charge < -0.3 is 10.7 Å². The van der Waals surface area contributed by atoms with Crippen LogP contribution in [0.15, 0.2) is 42.5 Å². The van der Waals surface area contributed by atoms with E-state index in [2.05, 4.69) is 57.8 Å². The van der Waals surface area contributed by atoms with Crippen LogP contribution in [0.25, 0.3) is 11.1 Å². The van der Waals surface area contributed by atoms with Crippen molar-refractivity contribution in [2.45, 2.75) is 32.7 Å². The average Bonchev–Trinajstić information content (AvgIpc) is 3.40. The summed E-state index contributed by atoms with van der Waals surface area (Å²) < 4.78 is 0. The fourth-order valence-electron chi connectivity index (χ4n) is 3.16. The molecule has 1 aliphatic heterocycles. The third-order valence-electron chi connectivity index (χ3n) is 4.92. The maximum atomic E-state index is 4.57. The van der Waals surface area contributed by atoms with Crippen LogP contribution in [0.4, 0.5) is 11.5 Å². The molecular weight excluding hydrogens is 298 g/mol. The lowest BCUT2D eigenvalue weighted by Gasteiger charge is -2.14. The van der Waals surface area contributed by atoms with Crippen LogP contribution in [-0.2, 0) is 0 Å². The molecule has 0 aromatic carbocycles. The highest BCUT2D eigenvalue weighted by Gasteiger charge is 2.26. The third kappa shape index (κ3) is 2.76. The molecule has 0 saturated heterocycles. The predicted octanol–water partition coefficient (Wildman–Crippen LogP) is 4.20. The Balaban J connectivity index is 1.62. The third-order valence-corrected chi connectivity index (χ3v) is 4.92. The first kappa shape index (κ1) is 15.1. The normalized spacial score (nSPS) is 20.6. The zero-order valence-corrected chi connectivity index (χ0v) is 14.4. The van der Waals surface area contributed by atoms with Gasteiger partial charge in [0.2, 0.25) is 0 Å². The number of pyridine rings is 2. The van der Waals surface area contributed by atoms with E-state index in [-0.39, 0.29) is 0 Å². The SMILES string of the molecule is C/C=C(\Nc1cncc(-c2cnc3c(c2)C(C)N(C)N3)c1)C1CC1. The highest BCUT2D eigenvalue weighted by molar-refractivity contribution is 5.69. The molecule has 2 aromatic rings. The zero-order chi connectivity index (χ0) is 16.7. The van der Waals surface area contributed by atoms with Crippen LogP contribution < -0.4 is 10.7 Å². The summed E-state index contributed by atoms with van der Waals surface area (Å²) in [5, 5.41) is 5.60. The minimum atomic E-state index is 0.311.